The monoisotopic (exact) mass is 464 g/mol. The van der Waals surface area contributed by atoms with Crippen LogP contribution >= 0.6 is 0 Å². The molecule has 34 heavy (non-hydrogen) atoms. The standard InChI is InChI=1S/C27H32N2O5/c1-17-16-23(34-22-10-8-21(9-11-22)27(32)33)12-13-24(17)26(31)29-15-14-28-25(30)20-6-4-19(5-7-20)18-2-3-18/h4-7,12-13,16,18,21-22H,2-3,8-11,14-15H2,1H3,(H,28,30)(H,29,31)(H,32,33). The molecule has 2 fully saturated rings. The fourth-order valence-corrected chi connectivity index (χ4v) is 4.46. The minimum atomic E-state index is -0.730. The molecule has 0 aliphatic heterocycles. The number of hydrogen-bond acceptors (Lipinski definition) is 4. The summed E-state index contributed by atoms with van der Waals surface area (Å²) in [5.74, 6) is 0.000760. The van der Waals surface area contributed by atoms with Gasteiger partial charge in [0.1, 0.15) is 5.75 Å². The summed E-state index contributed by atoms with van der Waals surface area (Å²) in [5.41, 5.74) is 3.28. The topological polar surface area (TPSA) is 105 Å². The third-order valence-corrected chi connectivity index (χ3v) is 6.69. The summed E-state index contributed by atoms with van der Waals surface area (Å²) in [5, 5.41) is 14.8. The van der Waals surface area contributed by atoms with E-state index < -0.39 is 5.97 Å². The fraction of sp³-hybridized carbons (Fsp3) is 0.444. The van der Waals surface area contributed by atoms with Crippen LogP contribution in [0.4, 0.5) is 0 Å². The Balaban J connectivity index is 1.20. The summed E-state index contributed by atoms with van der Waals surface area (Å²) >= 11 is 0. The fourth-order valence-electron chi connectivity index (χ4n) is 4.46. The maximum Gasteiger partial charge on any atom is 0.306 e. The molecule has 3 N–H and O–H groups in total. The Bertz CT molecular complexity index is 1040. The van der Waals surface area contributed by atoms with Crippen molar-refractivity contribution in [3.8, 4) is 5.75 Å². The summed E-state index contributed by atoms with van der Waals surface area (Å²) in [6, 6.07) is 13.1. The molecule has 4 rings (SSSR count). The number of carboxylic acid groups (broad SMARTS) is 1. The van der Waals surface area contributed by atoms with Crippen LogP contribution in [0.25, 0.3) is 0 Å². The molecule has 2 aromatic carbocycles. The Hall–Kier alpha value is -3.35. The number of aliphatic carboxylic acids is 1. The van der Waals surface area contributed by atoms with E-state index in [1.165, 1.54) is 18.4 Å². The van der Waals surface area contributed by atoms with Crippen LogP contribution in [-0.4, -0.2) is 42.1 Å². The smallest absolute Gasteiger partial charge is 0.306 e. The molecule has 7 heteroatoms. The second kappa shape index (κ2) is 10.7. The van der Waals surface area contributed by atoms with Crippen LogP contribution in [0.3, 0.4) is 0 Å². The van der Waals surface area contributed by atoms with Gasteiger partial charge in [-0.2, -0.15) is 0 Å². The number of carboxylic acids is 1. The second-order valence-corrected chi connectivity index (χ2v) is 9.31. The van der Waals surface area contributed by atoms with E-state index in [-0.39, 0.29) is 23.8 Å². The number of rotatable bonds is 9. The first-order chi connectivity index (χ1) is 16.4. The molecule has 2 aromatic rings. The van der Waals surface area contributed by atoms with Gasteiger partial charge in [-0.3, -0.25) is 14.4 Å². The molecule has 7 nitrogen and oxygen atoms in total. The van der Waals surface area contributed by atoms with Crippen molar-refractivity contribution in [1.29, 1.82) is 0 Å². The highest BCUT2D eigenvalue weighted by molar-refractivity contribution is 5.96. The van der Waals surface area contributed by atoms with Crippen LogP contribution in [0.5, 0.6) is 5.75 Å². The van der Waals surface area contributed by atoms with Crippen molar-refractivity contribution >= 4 is 17.8 Å². The van der Waals surface area contributed by atoms with Gasteiger partial charge < -0.3 is 20.5 Å². The Labute approximate surface area is 199 Å². The van der Waals surface area contributed by atoms with Gasteiger partial charge in [0.2, 0.25) is 0 Å². The summed E-state index contributed by atoms with van der Waals surface area (Å²) in [7, 11) is 0. The molecule has 0 bridgehead atoms. The van der Waals surface area contributed by atoms with Crippen LogP contribution < -0.4 is 15.4 Å². The minimum Gasteiger partial charge on any atom is -0.490 e. The quantitative estimate of drug-likeness (QED) is 0.486. The molecule has 2 amide bonds. The number of carbonyl (C=O) groups is 3. The summed E-state index contributed by atoms with van der Waals surface area (Å²) in [4.78, 5) is 36.0. The number of hydrogen-bond donors (Lipinski definition) is 3. The third kappa shape index (κ3) is 6.16. The lowest BCUT2D eigenvalue weighted by Gasteiger charge is -2.27. The number of ether oxygens (including phenoxy) is 1. The summed E-state index contributed by atoms with van der Waals surface area (Å²) in [6.07, 6.45) is 5.15. The lowest BCUT2D eigenvalue weighted by molar-refractivity contribution is -0.143. The largest absolute Gasteiger partial charge is 0.490 e. The molecule has 0 atom stereocenters. The first kappa shape index (κ1) is 23.8. The van der Waals surface area contributed by atoms with E-state index >= 15 is 0 Å². The SMILES string of the molecule is Cc1cc(OC2CCC(C(=O)O)CC2)ccc1C(=O)NCCNC(=O)c1ccc(C2CC2)cc1. The van der Waals surface area contributed by atoms with Gasteiger partial charge in [-0.25, -0.2) is 0 Å². The average Bonchev–Trinajstić information content (AvgIpc) is 3.68. The van der Waals surface area contributed by atoms with Crippen molar-refractivity contribution in [3.05, 3.63) is 64.7 Å². The molecule has 0 aromatic heterocycles. The third-order valence-electron chi connectivity index (χ3n) is 6.69. The number of aryl methyl sites for hydroxylation is 1. The molecule has 0 saturated heterocycles. The van der Waals surface area contributed by atoms with Crippen molar-refractivity contribution in [1.82, 2.24) is 10.6 Å². The van der Waals surface area contributed by atoms with Gasteiger partial charge in [0.05, 0.1) is 12.0 Å². The highest BCUT2D eigenvalue weighted by Crippen LogP contribution is 2.39. The maximum absolute atomic E-state index is 12.6. The van der Waals surface area contributed by atoms with Crippen LogP contribution in [0.1, 0.15) is 76.3 Å². The van der Waals surface area contributed by atoms with Gasteiger partial charge in [-0.05, 0) is 92.8 Å². The van der Waals surface area contributed by atoms with E-state index in [2.05, 4.69) is 10.6 Å². The lowest BCUT2D eigenvalue weighted by Crippen LogP contribution is -2.35. The lowest BCUT2D eigenvalue weighted by atomic mass is 9.87. The summed E-state index contributed by atoms with van der Waals surface area (Å²) in [6.45, 7) is 2.53. The summed E-state index contributed by atoms with van der Waals surface area (Å²) < 4.78 is 6.02. The molecule has 0 heterocycles. The van der Waals surface area contributed by atoms with Gasteiger partial charge in [0.25, 0.3) is 11.8 Å². The van der Waals surface area contributed by atoms with Crippen molar-refractivity contribution in [3.63, 3.8) is 0 Å². The van der Waals surface area contributed by atoms with E-state index in [1.807, 2.05) is 37.3 Å². The van der Waals surface area contributed by atoms with E-state index in [1.54, 1.807) is 12.1 Å². The van der Waals surface area contributed by atoms with Gasteiger partial charge >= 0.3 is 5.97 Å². The molecule has 2 saturated carbocycles. The number of amides is 2. The minimum absolute atomic E-state index is 0.00296. The molecule has 2 aliphatic carbocycles. The zero-order chi connectivity index (χ0) is 24.1. The van der Waals surface area contributed by atoms with Gasteiger partial charge in [0, 0.05) is 24.2 Å². The number of benzene rings is 2. The van der Waals surface area contributed by atoms with E-state index in [4.69, 9.17) is 9.84 Å². The molecular weight excluding hydrogens is 432 g/mol. The number of nitrogens with one attached hydrogen (secondary N) is 2. The average molecular weight is 465 g/mol. The highest BCUT2D eigenvalue weighted by atomic mass is 16.5. The Kier molecular flexibility index (Phi) is 7.50. The Morgan fingerprint density at radius 2 is 1.53 bits per heavy atom. The Morgan fingerprint density at radius 1 is 0.882 bits per heavy atom. The van der Waals surface area contributed by atoms with Crippen molar-refractivity contribution in [2.45, 2.75) is 57.5 Å². The van der Waals surface area contributed by atoms with Crippen LogP contribution in [-0.2, 0) is 4.79 Å². The zero-order valence-corrected chi connectivity index (χ0v) is 19.5. The normalized spacial score (nSPS) is 19.8. The molecule has 0 radical (unpaired) electrons. The van der Waals surface area contributed by atoms with Crippen LogP contribution in [0.2, 0.25) is 0 Å². The van der Waals surface area contributed by atoms with Gasteiger partial charge in [0.15, 0.2) is 0 Å². The molecule has 2 aliphatic rings. The molecule has 0 unspecified atom stereocenters. The van der Waals surface area contributed by atoms with E-state index in [0.29, 0.717) is 61.6 Å². The highest BCUT2D eigenvalue weighted by Gasteiger charge is 2.27. The van der Waals surface area contributed by atoms with Crippen molar-refractivity contribution < 1.29 is 24.2 Å². The second-order valence-electron chi connectivity index (χ2n) is 9.31. The number of carbonyl (C=O) groups excluding carboxylic acids is 2. The first-order valence-corrected chi connectivity index (χ1v) is 12.1. The van der Waals surface area contributed by atoms with E-state index in [9.17, 15) is 14.4 Å². The van der Waals surface area contributed by atoms with Gasteiger partial charge in [-0.1, -0.05) is 12.1 Å². The maximum atomic E-state index is 12.6. The van der Waals surface area contributed by atoms with Crippen molar-refractivity contribution in [2.24, 2.45) is 5.92 Å². The van der Waals surface area contributed by atoms with Gasteiger partial charge in [-0.15, -0.1) is 0 Å². The molecule has 180 valence electrons. The molecule has 0 spiro atoms. The Morgan fingerprint density at radius 3 is 2.12 bits per heavy atom. The first-order valence-electron chi connectivity index (χ1n) is 12.1. The van der Waals surface area contributed by atoms with E-state index in [0.717, 1.165) is 5.56 Å². The predicted octanol–water partition coefficient (Wildman–Crippen LogP) is 4.05. The zero-order valence-electron chi connectivity index (χ0n) is 19.5. The van der Waals surface area contributed by atoms with Crippen LogP contribution in [0, 0.1) is 12.8 Å². The van der Waals surface area contributed by atoms with Crippen molar-refractivity contribution in [2.75, 3.05) is 13.1 Å². The predicted molar refractivity (Wildman–Crippen MR) is 128 cm³/mol. The molecular formula is C27H32N2O5. The van der Waals surface area contributed by atoms with Crippen LogP contribution in [0.15, 0.2) is 42.5 Å².